The molecular formula is C43H57NO7Si. The second-order valence-corrected chi connectivity index (χ2v) is 19.2. The highest BCUT2D eigenvalue weighted by molar-refractivity contribution is 7.00. The second kappa shape index (κ2) is 18.1. The molecule has 0 spiro atoms. The summed E-state index contributed by atoms with van der Waals surface area (Å²) >= 11 is 0. The molecule has 0 unspecified atom stereocenters. The number of nitrogens with zero attached hydrogens (tertiary/aromatic N) is 1. The van der Waals surface area contributed by atoms with Crippen molar-refractivity contribution in [3.05, 3.63) is 91.0 Å². The lowest BCUT2D eigenvalue weighted by Crippen LogP contribution is -2.68. The maximum absolute atomic E-state index is 15.1. The van der Waals surface area contributed by atoms with Gasteiger partial charge >= 0.3 is 14.3 Å². The van der Waals surface area contributed by atoms with Gasteiger partial charge in [-0.1, -0.05) is 107 Å². The molecule has 2 aliphatic rings. The quantitative estimate of drug-likeness (QED) is 0.0697. The van der Waals surface area contributed by atoms with Gasteiger partial charge in [0.15, 0.2) is 11.5 Å². The van der Waals surface area contributed by atoms with E-state index >= 15 is 4.79 Å². The number of esters is 1. The van der Waals surface area contributed by atoms with Crippen LogP contribution in [-0.2, 0) is 19.1 Å². The molecule has 0 N–H and O–H groups in total. The fourth-order valence-electron chi connectivity index (χ4n) is 8.19. The largest absolute Gasteiger partial charge is 0.531 e. The standard InChI is InChI=1S/C43H57NO7Si/c1-7-27-49-28-29-50-42(46)36-25-17-18-26-44(36)41(45)39(32-19-11-8-12-20-32)33-30-37(47-5)40(48-6)38(31-33)51-52(43(2,3)4,34-21-13-9-14-22-34)35-23-15-10-16-24-35/h7,9-10,13-16,21-24,30-32,36,39H,1,8,11-12,17-20,25-29H2,2-6H3/t36-,39-/m0/s1. The maximum atomic E-state index is 15.1. The molecule has 1 saturated carbocycles. The Morgan fingerprint density at radius 2 is 1.46 bits per heavy atom. The molecule has 0 radical (unpaired) electrons. The zero-order valence-corrected chi connectivity index (χ0v) is 32.7. The first-order chi connectivity index (χ1) is 25.2. The molecule has 3 aromatic rings. The Balaban J connectivity index is 1.61. The van der Waals surface area contributed by atoms with Crippen molar-refractivity contribution in [1.82, 2.24) is 4.90 Å². The molecule has 2 atom stereocenters. The summed E-state index contributed by atoms with van der Waals surface area (Å²) in [6, 6.07) is 24.3. The Labute approximate surface area is 311 Å². The zero-order chi connectivity index (χ0) is 37.1. The predicted octanol–water partition coefficient (Wildman–Crippen LogP) is 7.43. The van der Waals surface area contributed by atoms with Crippen molar-refractivity contribution in [2.24, 2.45) is 5.92 Å². The summed E-state index contributed by atoms with van der Waals surface area (Å²) in [6.07, 6.45) is 9.06. The Morgan fingerprint density at radius 3 is 2.04 bits per heavy atom. The Hall–Kier alpha value is -4.08. The van der Waals surface area contributed by atoms with Gasteiger partial charge in [-0.2, -0.15) is 0 Å². The van der Waals surface area contributed by atoms with Gasteiger partial charge in [-0.15, -0.1) is 6.58 Å². The van der Waals surface area contributed by atoms with Gasteiger partial charge in [-0.25, -0.2) is 4.79 Å². The summed E-state index contributed by atoms with van der Waals surface area (Å²) in [4.78, 5) is 30.3. The number of piperidine rings is 1. The minimum Gasteiger partial charge on any atom is -0.531 e. The summed E-state index contributed by atoms with van der Waals surface area (Å²) in [5.74, 6) is 0.745. The Kier molecular flexibility index (Phi) is 13.6. The van der Waals surface area contributed by atoms with Crippen LogP contribution in [0.2, 0.25) is 5.04 Å². The first-order valence-corrected chi connectivity index (χ1v) is 20.8. The molecule has 0 bridgehead atoms. The van der Waals surface area contributed by atoms with E-state index < -0.39 is 20.3 Å². The normalized spacial score (nSPS) is 17.6. The van der Waals surface area contributed by atoms with Crippen molar-refractivity contribution >= 4 is 30.6 Å². The SMILES string of the molecule is C=CCOCCOC(=O)[C@@H]1CCCCN1C(=O)[C@H](c1cc(OC)c(OC)c(O[Si](c2ccccc2)(c2ccccc2)C(C)(C)C)c1)C1CCCCC1. The first-order valence-electron chi connectivity index (χ1n) is 18.9. The molecule has 8 nitrogen and oxygen atoms in total. The van der Waals surface area contributed by atoms with E-state index in [0.29, 0.717) is 36.8 Å². The van der Waals surface area contributed by atoms with Crippen molar-refractivity contribution in [3.63, 3.8) is 0 Å². The van der Waals surface area contributed by atoms with Crippen LogP contribution in [0, 0.1) is 5.92 Å². The lowest BCUT2D eigenvalue weighted by Gasteiger charge is -2.43. The number of hydrogen-bond donors (Lipinski definition) is 0. The number of benzene rings is 3. The molecule has 3 aromatic carbocycles. The number of amides is 1. The van der Waals surface area contributed by atoms with Gasteiger partial charge in [-0.3, -0.25) is 4.79 Å². The third-order valence-corrected chi connectivity index (χ3v) is 15.6. The lowest BCUT2D eigenvalue weighted by molar-refractivity contribution is -0.159. The Morgan fingerprint density at radius 1 is 0.846 bits per heavy atom. The molecule has 9 heteroatoms. The Bertz CT molecular complexity index is 1580. The minimum atomic E-state index is -3.09. The summed E-state index contributed by atoms with van der Waals surface area (Å²) in [6.45, 7) is 11.7. The fourth-order valence-corrected chi connectivity index (χ4v) is 12.6. The minimum absolute atomic E-state index is 0.0416. The van der Waals surface area contributed by atoms with Crippen LogP contribution in [0.1, 0.15) is 83.6 Å². The summed E-state index contributed by atoms with van der Waals surface area (Å²) < 4.78 is 30.7. The number of methoxy groups -OCH3 is 2. The number of carbonyl (C=O) groups is 2. The van der Waals surface area contributed by atoms with Crippen molar-refractivity contribution in [2.75, 3.05) is 40.6 Å². The maximum Gasteiger partial charge on any atom is 0.328 e. The van der Waals surface area contributed by atoms with Crippen LogP contribution in [0.25, 0.3) is 0 Å². The molecule has 1 amide bonds. The second-order valence-electron chi connectivity index (χ2n) is 15.0. The molecule has 2 fully saturated rings. The average molecular weight is 728 g/mol. The van der Waals surface area contributed by atoms with Crippen molar-refractivity contribution in [3.8, 4) is 17.2 Å². The van der Waals surface area contributed by atoms with E-state index in [1.165, 1.54) is 0 Å². The number of carbonyl (C=O) groups excluding carboxylic acids is 2. The third kappa shape index (κ3) is 8.58. The number of likely N-dealkylation sites (tertiary alicyclic amines) is 1. The van der Waals surface area contributed by atoms with Gasteiger partial charge in [0.05, 0.1) is 33.4 Å². The van der Waals surface area contributed by atoms with Crippen LogP contribution in [0.5, 0.6) is 17.2 Å². The molecular weight excluding hydrogens is 671 g/mol. The van der Waals surface area contributed by atoms with Gasteiger partial charge in [0.25, 0.3) is 0 Å². The van der Waals surface area contributed by atoms with E-state index in [2.05, 4.69) is 75.9 Å². The number of hydrogen-bond acceptors (Lipinski definition) is 7. The van der Waals surface area contributed by atoms with Crippen molar-refractivity contribution < 1.29 is 33.0 Å². The third-order valence-electron chi connectivity index (χ3n) is 10.7. The smallest absolute Gasteiger partial charge is 0.328 e. The topological polar surface area (TPSA) is 83.5 Å². The zero-order valence-electron chi connectivity index (χ0n) is 31.7. The van der Waals surface area contributed by atoms with E-state index in [9.17, 15) is 4.79 Å². The number of rotatable bonds is 15. The summed E-state index contributed by atoms with van der Waals surface area (Å²) in [5.41, 5.74) is 0.818. The molecule has 1 aliphatic carbocycles. The van der Waals surface area contributed by atoms with Crippen LogP contribution in [0.4, 0.5) is 0 Å². The van der Waals surface area contributed by atoms with E-state index in [0.717, 1.165) is 60.9 Å². The van der Waals surface area contributed by atoms with E-state index in [1.807, 2.05) is 24.3 Å². The first kappa shape index (κ1) is 39.1. The van der Waals surface area contributed by atoms with Crippen molar-refractivity contribution in [1.29, 1.82) is 0 Å². The van der Waals surface area contributed by atoms with E-state index in [-0.39, 0.29) is 36.0 Å². The monoisotopic (exact) mass is 727 g/mol. The van der Waals surface area contributed by atoms with Crippen molar-refractivity contribution in [2.45, 2.75) is 89.1 Å². The predicted molar refractivity (Wildman–Crippen MR) is 208 cm³/mol. The van der Waals surface area contributed by atoms with Crippen LogP contribution in [-0.4, -0.2) is 71.7 Å². The highest BCUT2D eigenvalue weighted by Crippen LogP contribution is 2.48. The van der Waals surface area contributed by atoms with Gasteiger partial charge < -0.3 is 28.3 Å². The van der Waals surface area contributed by atoms with E-state index in [4.69, 9.17) is 23.4 Å². The molecule has 1 saturated heterocycles. The highest BCUT2D eigenvalue weighted by Gasteiger charge is 2.53. The summed E-state index contributed by atoms with van der Waals surface area (Å²) in [7, 11) is 0.172. The average Bonchev–Trinajstić information content (AvgIpc) is 3.17. The molecule has 0 aromatic heterocycles. The molecule has 1 aliphatic heterocycles. The van der Waals surface area contributed by atoms with Crippen LogP contribution >= 0.6 is 0 Å². The van der Waals surface area contributed by atoms with Crippen LogP contribution in [0.15, 0.2) is 85.5 Å². The van der Waals surface area contributed by atoms with Gasteiger partial charge in [-0.05, 0) is 71.1 Å². The highest BCUT2D eigenvalue weighted by atomic mass is 28.4. The number of ether oxygens (including phenoxy) is 4. The van der Waals surface area contributed by atoms with Gasteiger partial charge in [0.1, 0.15) is 12.6 Å². The van der Waals surface area contributed by atoms with Gasteiger partial charge in [0, 0.05) is 6.54 Å². The van der Waals surface area contributed by atoms with Crippen LogP contribution in [0.3, 0.4) is 0 Å². The van der Waals surface area contributed by atoms with E-state index in [1.54, 1.807) is 25.2 Å². The molecule has 1 heterocycles. The molecule has 280 valence electrons. The fraction of sp³-hybridized carbons (Fsp3) is 0.488. The van der Waals surface area contributed by atoms with Crippen LogP contribution < -0.4 is 24.3 Å². The summed E-state index contributed by atoms with van der Waals surface area (Å²) in [5, 5.41) is 1.95. The van der Waals surface area contributed by atoms with Gasteiger partial charge in [0.2, 0.25) is 11.7 Å². The lowest BCUT2D eigenvalue weighted by atomic mass is 9.75. The molecule has 52 heavy (non-hydrogen) atoms. The molecule has 5 rings (SSSR count).